The van der Waals surface area contributed by atoms with Gasteiger partial charge in [0.15, 0.2) is 5.69 Å². The highest BCUT2D eigenvalue weighted by Crippen LogP contribution is 2.40. The summed E-state index contributed by atoms with van der Waals surface area (Å²) in [6.07, 6.45) is 6.82. The third kappa shape index (κ3) is 3.31. The monoisotopic (exact) mass is 428 g/mol. The summed E-state index contributed by atoms with van der Waals surface area (Å²) < 4.78 is 15.4. The number of nitrogens with one attached hydrogen (secondary N) is 2. The Hall–Kier alpha value is -2.67. The summed E-state index contributed by atoms with van der Waals surface area (Å²) >= 11 is 5.77. The van der Waals surface area contributed by atoms with Crippen molar-refractivity contribution in [2.45, 2.75) is 51.0 Å². The number of amides is 1. The van der Waals surface area contributed by atoms with Crippen molar-refractivity contribution >= 4 is 23.0 Å². The van der Waals surface area contributed by atoms with Gasteiger partial charge in [0.2, 0.25) is 0 Å². The van der Waals surface area contributed by atoms with Gasteiger partial charge in [0.25, 0.3) is 11.5 Å². The van der Waals surface area contributed by atoms with Gasteiger partial charge in [-0.15, -0.1) is 0 Å². The highest BCUT2D eigenvalue weighted by molar-refractivity contribution is 6.30. The lowest BCUT2D eigenvalue weighted by molar-refractivity contribution is 0.0928. The molecule has 8 heteroatoms. The first-order valence-electron chi connectivity index (χ1n) is 10.3. The van der Waals surface area contributed by atoms with Gasteiger partial charge in [-0.3, -0.25) is 9.59 Å². The second-order valence-electron chi connectivity index (χ2n) is 8.41. The molecule has 30 heavy (non-hydrogen) atoms. The molecule has 0 saturated heterocycles. The smallest absolute Gasteiger partial charge is 0.274 e. The fourth-order valence-electron chi connectivity index (χ4n) is 4.15. The van der Waals surface area contributed by atoms with E-state index in [1.54, 1.807) is 12.3 Å². The molecule has 5 rings (SSSR count). The van der Waals surface area contributed by atoms with E-state index >= 15 is 0 Å². The number of carbonyl (C=O) groups is 1. The molecule has 2 aliphatic rings. The van der Waals surface area contributed by atoms with Crippen molar-refractivity contribution in [3.05, 3.63) is 56.8 Å². The number of carbonyl (C=O) groups excluding carboxylic acids is 1. The van der Waals surface area contributed by atoms with Crippen molar-refractivity contribution in [3.8, 4) is 11.3 Å². The van der Waals surface area contributed by atoms with E-state index < -0.39 is 5.82 Å². The van der Waals surface area contributed by atoms with Crippen molar-refractivity contribution in [2.24, 2.45) is 5.92 Å². The number of fused-ring (bicyclic) bond motifs is 1. The maximum absolute atomic E-state index is 13.9. The Bertz CT molecular complexity index is 1210. The van der Waals surface area contributed by atoms with E-state index in [-0.39, 0.29) is 28.4 Å². The second kappa shape index (κ2) is 7.23. The molecule has 1 amide bonds. The minimum atomic E-state index is -0.570. The first-order chi connectivity index (χ1) is 14.4. The number of hydrogen-bond donors (Lipinski definition) is 2. The van der Waals surface area contributed by atoms with Crippen LogP contribution in [0.15, 0.2) is 29.2 Å². The lowest BCUT2D eigenvalue weighted by Crippen LogP contribution is -2.35. The van der Waals surface area contributed by atoms with Crippen LogP contribution in [0.2, 0.25) is 5.02 Å². The van der Waals surface area contributed by atoms with E-state index in [0.29, 0.717) is 28.4 Å². The van der Waals surface area contributed by atoms with Crippen molar-refractivity contribution in [1.29, 1.82) is 0 Å². The maximum Gasteiger partial charge on any atom is 0.274 e. The largest absolute Gasteiger partial charge is 0.348 e. The Morgan fingerprint density at radius 2 is 2.10 bits per heavy atom. The van der Waals surface area contributed by atoms with E-state index in [4.69, 9.17) is 11.6 Å². The van der Waals surface area contributed by atoms with Crippen LogP contribution >= 0.6 is 11.6 Å². The van der Waals surface area contributed by atoms with Gasteiger partial charge < -0.3 is 10.3 Å². The number of aromatic amines is 1. The topological polar surface area (TPSA) is 79.3 Å². The normalized spacial score (nSPS) is 17.7. The molecule has 0 bridgehead atoms. The lowest BCUT2D eigenvalue weighted by Gasteiger charge is -2.25. The zero-order valence-corrected chi connectivity index (χ0v) is 17.3. The Labute approximate surface area is 177 Å². The number of nitrogens with zero attached hydrogens (tertiary/aromatic N) is 2. The predicted molar refractivity (Wildman–Crippen MR) is 112 cm³/mol. The van der Waals surface area contributed by atoms with E-state index in [2.05, 4.69) is 15.4 Å². The van der Waals surface area contributed by atoms with E-state index in [1.165, 1.54) is 16.6 Å². The summed E-state index contributed by atoms with van der Waals surface area (Å²) in [7, 11) is 0. The molecule has 2 aromatic heterocycles. The molecule has 2 N–H and O–H groups in total. The first-order valence-corrected chi connectivity index (χ1v) is 10.7. The number of aromatic nitrogens is 3. The second-order valence-corrected chi connectivity index (χ2v) is 8.82. The third-order valence-electron chi connectivity index (χ3n) is 6.31. The average Bonchev–Trinajstić information content (AvgIpc) is 3.45. The van der Waals surface area contributed by atoms with Crippen molar-refractivity contribution in [2.75, 3.05) is 0 Å². The fraction of sp³-hybridized carbons (Fsp3) is 0.409. The summed E-state index contributed by atoms with van der Waals surface area (Å²) in [6, 6.07) is 4.42. The van der Waals surface area contributed by atoms with Crippen LogP contribution in [0.5, 0.6) is 0 Å². The van der Waals surface area contributed by atoms with Crippen molar-refractivity contribution < 1.29 is 9.18 Å². The van der Waals surface area contributed by atoms with Crippen LogP contribution in [0.1, 0.15) is 61.0 Å². The molecule has 6 nitrogen and oxygen atoms in total. The van der Waals surface area contributed by atoms with Crippen LogP contribution in [-0.4, -0.2) is 26.5 Å². The van der Waals surface area contributed by atoms with Crippen LogP contribution in [0, 0.1) is 11.7 Å². The van der Waals surface area contributed by atoms with Crippen LogP contribution in [0.3, 0.4) is 0 Å². The molecule has 0 radical (unpaired) electrons. The van der Waals surface area contributed by atoms with Gasteiger partial charge >= 0.3 is 0 Å². The van der Waals surface area contributed by atoms with E-state index in [9.17, 15) is 14.0 Å². The SMILES string of the molecule is C[C@H](NC(=O)c1nn2cc(-c3ccc(Cl)c(F)c3)[nH]c(=O)c2c1C1CCC1)C1CC1. The number of hydrogen-bond acceptors (Lipinski definition) is 3. The molecular weight excluding hydrogens is 407 g/mol. The molecule has 2 fully saturated rings. The standard InChI is InChI=1S/C22H22ClFN4O2/c1-11(12-5-6-12)25-21(29)19-18(13-3-2-4-13)20-22(30)26-17(10-28(20)27-19)14-7-8-15(23)16(24)9-14/h7-13H,2-6H2,1H3,(H,25,29)(H,26,30)/t11-/m0/s1. The Morgan fingerprint density at radius 1 is 1.33 bits per heavy atom. The quantitative estimate of drug-likeness (QED) is 0.636. The van der Waals surface area contributed by atoms with Gasteiger partial charge in [0.1, 0.15) is 11.3 Å². The number of rotatable bonds is 5. The van der Waals surface area contributed by atoms with Gasteiger partial charge in [-0.05, 0) is 56.6 Å². The number of H-pyrrole nitrogens is 1. The van der Waals surface area contributed by atoms with Gasteiger partial charge in [-0.2, -0.15) is 5.10 Å². The van der Waals surface area contributed by atoms with Crippen molar-refractivity contribution in [1.82, 2.24) is 19.9 Å². The highest BCUT2D eigenvalue weighted by atomic mass is 35.5. The minimum Gasteiger partial charge on any atom is -0.348 e. The third-order valence-corrected chi connectivity index (χ3v) is 6.62. The van der Waals surface area contributed by atoms with E-state index in [0.717, 1.165) is 37.7 Å². The summed E-state index contributed by atoms with van der Waals surface area (Å²) in [5.74, 6) is -0.134. The van der Waals surface area contributed by atoms with Crippen LogP contribution in [-0.2, 0) is 0 Å². The molecule has 0 unspecified atom stereocenters. The molecule has 1 aromatic carbocycles. The maximum atomic E-state index is 13.9. The predicted octanol–water partition coefficient (Wildman–Crippen LogP) is 4.28. The van der Waals surface area contributed by atoms with E-state index in [1.807, 2.05) is 6.92 Å². The zero-order chi connectivity index (χ0) is 21.0. The number of halogens is 2. The molecule has 0 spiro atoms. The average molecular weight is 429 g/mol. The van der Waals surface area contributed by atoms with Crippen molar-refractivity contribution in [3.63, 3.8) is 0 Å². The van der Waals surface area contributed by atoms with Crippen LogP contribution in [0.25, 0.3) is 16.8 Å². The molecule has 2 heterocycles. The molecular formula is C22H22ClFN4O2. The Balaban J connectivity index is 1.61. The van der Waals surface area contributed by atoms with Gasteiger partial charge in [0, 0.05) is 17.2 Å². The summed E-state index contributed by atoms with van der Waals surface area (Å²) in [5, 5.41) is 7.56. The van der Waals surface area contributed by atoms with Gasteiger partial charge in [0.05, 0.1) is 16.9 Å². The van der Waals surface area contributed by atoms with Crippen LogP contribution < -0.4 is 10.9 Å². The van der Waals surface area contributed by atoms with Gasteiger partial charge in [-0.1, -0.05) is 24.1 Å². The summed E-state index contributed by atoms with van der Waals surface area (Å²) in [5.41, 5.74) is 1.97. The summed E-state index contributed by atoms with van der Waals surface area (Å²) in [6.45, 7) is 2.01. The minimum absolute atomic E-state index is 0.0114. The molecule has 0 aliphatic heterocycles. The van der Waals surface area contributed by atoms with Crippen LogP contribution in [0.4, 0.5) is 4.39 Å². The molecule has 1 atom stereocenters. The molecule has 2 aliphatic carbocycles. The molecule has 2 saturated carbocycles. The Kier molecular flexibility index (Phi) is 4.65. The lowest BCUT2D eigenvalue weighted by atomic mass is 9.79. The zero-order valence-electron chi connectivity index (χ0n) is 16.5. The first kappa shape index (κ1) is 19.3. The molecule has 156 valence electrons. The van der Waals surface area contributed by atoms with Gasteiger partial charge in [-0.25, -0.2) is 8.91 Å². The Morgan fingerprint density at radius 3 is 2.73 bits per heavy atom. The number of benzene rings is 1. The summed E-state index contributed by atoms with van der Waals surface area (Å²) in [4.78, 5) is 28.8. The molecule has 3 aromatic rings. The highest BCUT2D eigenvalue weighted by Gasteiger charge is 2.34. The fourth-order valence-corrected chi connectivity index (χ4v) is 4.27.